The molecule has 1 aromatic carbocycles. The Kier molecular flexibility index (Phi) is 6.22. The van der Waals surface area contributed by atoms with Gasteiger partial charge in [0.1, 0.15) is 6.04 Å². The maximum absolute atomic E-state index is 13.5. The van der Waals surface area contributed by atoms with Crippen LogP contribution in [0.15, 0.2) is 42.0 Å². The summed E-state index contributed by atoms with van der Waals surface area (Å²) < 4.78 is 5.01. The SMILES string of the molecule is COC(=O)[C@H](Cc1ccccc1)NC(=O)N1CCCC2=C[C@H]3C[C@@H](CN4CCCC[C@H]34)[C@@H]21. The van der Waals surface area contributed by atoms with E-state index in [-0.39, 0.29) is 12.1 Å². The van der Waals surface area contributed by atoms with E-state index in [9.17, 15) is 9.59 Å². The van der Waals surface area contributed by atoms with E-state index in [0.29, 0.717) is 24.3 Å². The van der Waals surface area contributed by atoms with Gasteiger partial charge in [-0.05, 0) is 56.0 Å². The molecule has 32 heavy (non-hydrogen) atoms. The Morgan fingerprint density at radius 2 is 2.00 bits per heavy atom. The molecule has 3 heterocycles. The van der Waals surface area contributed by atoms with Crippen molar-refractivity contribution in [3.8, 4) is 0 Å². The molecule has 0 radical (unpaired) electrons. The first-order valence-corrected chi connectivity index (χ1v) is 12.3. The average molecular weight is 438 g/mol. The molecule has 0 saturated carbocycles. The Morgan fingerprint density at radius 3 is 2.81 bits per heavy atom. The molecule has 5 atom stereocenters. The lowest BCUT2D eigenvalue weighted by molar-refractivity contribution is -0.142. The van der Waals surface area contributed by atoms with Crippen LogP contribution in [0.5, 0.6) is 0 Å². The third-order valence-electron chi connectivity index (χ3n) is 7.98. The number of amides is 2. The molecule has 6 heteroatoms. The molecule has 0 spiro atoms. The maximum atomic E-state index is 13.5. The number of carbonyl (C=O) groups is 2. The lowest BCUT2D eigenvalue weighted by atomic mass is 9.68. The van der Waals surface area contributed by atoms with Gasteiger partial charge in [-0.15, -0.1) is 0 Å². The minimum atomic E-state index is -0.682. The van der Waals surface area contributed by atoms with Gasteiger partial charge in [0.15, 0.2) is 0 Å². The summed E-state index contributed by atoms with van der Waals surface area (Å²) in [5.74, 6) is 0.739. The summed E-state index contributed by atoms with van der Waals surface area (Å²) in [7, 11) is 1.38. The van der Waals surface area contributed by atoms with Crippen LogP contribution in [0.4, 0.5) is 4.79 Å². The van der Waals surface area contributed by atoms with Gasteiger partial charge in [0, 0.05) is 25.6 Å². The van der Waals surface area contributed by atoms with Gasteiger partial charge in [-0.1, -0.05) is 48.4 Å². The number of hydrogen-bond acceptors (Lipinski definition) is 4. The highest BCUT2D eigenvalue weighted by molar-refractivity contribution is 5.84. The number of fused-ring (bicyclic) bond motifs is 6. The summed E-state index contributed by atoms with van der Waals surface area (Å²) in [6.07, 6.45) is 10.2. The molecule has 4 aliphatic rings. The molecule has 1 aliphatic carbocycles. The fourth-order valence-electron chi connectivity index (χ4n) is 6.62. The third kappa shape index (κ3) is 4.17. The van der Waals surface area contributed by atoms with E-state index in [0.717, 1.165) is 31.5 Å². The van der Waals surface area contributed by atoms with Crippen LogP contribution in [0.2, 0.25) is 0 Å². The molecular weight excluding hydrogens is 402 g/mol. The third-order valence-corrected chi connectivity index (χ3v) is 7.98. The van der Waals surface area contributed by atoms with Crippen LogP contribution in [0.1, 0.15) is 44.1 Å². The Labute approximate surface area is 191 Å². The molecule has 2 amide bonds. The lowest BCUT2D eigenvalue weighted by Crippen LogP contribution is -2.62. The van der Waals surface area contributed by atoms with Crippen molar-refractivity contribution in [3.63, 3.8) is 0 Å². The number of ether oxygens (including phenoxy) is 1. The van der Waals surface area contributed by atoms with Crippen molar-refractivity contribution in [1.82, 2.24) is 15.1 Å². The summed E-state index contributed by atoms with van der Waals surface area (Å²) in [4.78, 5) is 30.7. The number of nitrogens with zero attached hydrogens (tertiary/aromatic N) is 2. The lowest BCUT2D eigenvalue weighted by Gasteiger charge is -2.54. The minimum Gasteiger partial charge on any atom is -0.467 e. The summed E-state index contributed by atoms with van der Waals surface area (Å²) in [6, 6.07) is 9.84. The molecule has 5 rings (SSSR count). The number of rotatable bonds is 4. The molecule has 0 aromatic heterocycles. The van der Waals surface area contributed by atoms with E-state index in [1.165, 1.54) is 44.9 Å². The van der Waals surface area contributed by atoms with Crippen LogP contribution in [0, 0.1) is 11.8 Å². The molecule has 1 aromatic rings. The van der Waals surface area contributed by atoms with Crippen LogP contribution in [0.25, 0.3) is 0 Å². The number of urea groups is 1. The number of benzene rings is 1. The topological polar surface area (TPSA) is 61.9 Å². The maximum Gasteiger partial charge on any atom is 0.328 e. The Balaban J connectivity index is 1.34. The molecule has 172 valence electrons. The van der Waals surface area contributed by atoms with Gasteiger partial charge in [-0.25, -0.2) is 9.59 Å². The van der Waals surface area contributed by atoms with Gasteiger partial charge in [0.05, 0.1) is 13.2 Å². The van der Waals surface area contributed by atoms with Crippen molar-refractivity contribution in [2.75, 3.05) is 26.7 Å². The van der Waals surface area contributed by atoms with E-state index in [2.05, 4.69) is 16.3 Å². The van der Waals surface area contributed by atoms with E-state index in [4.69, 9.17) is 4.74 Å². The molecular formula is C26H35N3O3. The predicted octanol–water partition coefficient (Wildman–Crippen LogP) is 3.38. The summed E-state index contributed by atoms with van der Waals surface area (Å²) in [6.45, 7) is 3.04. The highest BCUT2D eigenvalue weighted by Crippen LogP contribution is 2.45. The normalized spacial score (nSPS) is 30.4. The summed E-state index contributed by atoms with van der Waals surface area (Å²) >= 11 is 0. The second-order valence-electron chi connectivity index (χ2n) is 9.92. The highest BCUT2D eigenvalue weighted by Gasteiger charge is 2.47. The zero-order valence-corrected chi connectivity index (χ0v) is 19.0. The molecule has 1 N–H and O–H groups in total. The van der Waals surface area contributed by atoms with Crippen molar-refractivity contribution < 1.29 is 14.3 Å². The van der Waals surface area contributed by atoms with Crippen molar-refractivity contribution in [3.05, 3.63) is 47.5 Å². The Hall–Kier alpha value is -2.34. The van der Waals surface area contributed by atoms with E-state index >= 15 is 0 Å². The molecule has 3 aliphatic heterocycles. The fraction of sp³-hybridized carbons (Fsp3) is 0.615. The smallest absolute Gasteiger partial charge is 0.328 e. The predicted molar refractivity (Wildman–Crippen MR) is 123 cm³/mol. The number of methoxy groups -OCH3 is 1. The summed E-state index contributed by atoms with van der Waals surface area (Å²) in [5.41, 5.74) is 2.46. The molecule has 0 unspecified atom stereocenters. The van der Waals surface area contributed by atoms with Crippen LogP contribution >= 0.6 is 0 Å². The molecule has 2 bridgehead atoms. The number of hydrogen-bond donors (Lipinski definition) is 1. The molecule has 6 nitrogen and oxygen atoms in total. The van der Waals surface area contributed by atoms with Gasteiger partial charge < -0.3 is 15.0 Å². The van der Waals surface area contributed by atoms with Gasteiger partial charge in [0.25, 0.3) is 0 Å². The quantitative estimate of drug-likeness (QED) is 0.580. The second-order valence-corrected chi connectivity index (χ2v) is 9.92. The summed E-state index contributed by atoms with van der Waals surface area (Å²) in [5, 5.41) is 3.02. The van der Waals surface area contributed by atoms with Gasteiger partial charge in [-0.3, -0.25) is 4.90 Å². The van der Waals surface area contributed by atoms with Crippen LogP contribution in [-0.2, 0) is 16.0 Å². The van der Waals surface area contributed by atoms with E-state index in [1.54, 1.807) is 0 Å². The first-order valence-electron chi connectivity index (χ1n) is 12.3. The van der Waals surface area contributed by atoms with E-state index < -0.39 is 12.0 Å². The van der Waals surface area contributed by atoms with Crippen molar-refractivity contribution in [1.29, 1.82) is 0 Å². The van der Waals surface area contributed by atoms with Gasteiger partial charge in [-0.2, -0.15) is 0 Å². The number of carbonyl (C=O) groups excluding carboxylic acids is 2. The standard InChI is InChI=1S/C26H35N3O3/c1-32-25(30)22(14-18-8-3-2-4-9-18)27-26(31)29-13-7-10-19-15-20-16-21(24(19)29)17-28-12-6-5-11-23(20)28/h2-4,8-9,15,20-24H,5-7,10-14,16-17H2,1H3,(H,27,31)/t20-,21-,22-,23+,24+/m0/s1. The first-order chi connectivity index (χ1) is 15.6. The van der Waals surface area contributed by atoms with Crippen LogP contribution in [0.3, 0.4) is 0 Å². The van der Waals surface area contributed by atoms with Crippen molar-refractivity contribution in [2.45, 2.75) is 63.1 Å². The second kappa shape index (κ2) is 9.26. The Bertz CT molecular complexity index is 870. The molecule has 3 fully saturated rings. The zero-order valence-electron chi connectivity index (χ0n) is 19.0. The van der Waals surface area contributed by atoms with Gasteiger partial charge >= 0.3 is 12.0 Å². The largest absolute Gasteiger partial charge is 0.467 e. The number of esters is 1. The highest BCUT2D eigenvalue weighted by atomic mass is 16.5. The fourth-order valence-corrected chi connectivity index (χ4v) is 6.62. The molecule has 3 saturated heterocycles. The Morgan fingerprint density at radius 1 is 1.16 bits per heavy atom. The zero-order chi connectivity index (χ0) is 22.1. The van der Waals surface area contributed by atoms with Crippen LogP contribution in [-0.4, -0.2) is 66.7 Å². The number of likely N-dealkylation sites (tertiary alicyclic amines) is 1. The number of nitrogens with one attached hydrogen (secondary N) is 1. The first kappa shape index (κ1) is 21.5. The van der Waals surface area contributed by atoms with E-state index in [1.807, 2.05) is 35.2 Å². The van der Waals surface area contributed by atoms with Gasteiger partial charge in [0.2, 0.25) is 0 Å². The van der Waals surface area contributed by atoms with Crippen molar-refractivity contribution in [2.24, 2.45) is 11.8 Å². The van der Waals surface area contributed by atoms with Crippen molar-refractivity contribution >= 4 is 12.0 Å². The minimum absolute atomic E-state index is 0.133. The number of piperidine rings is 3. The monoisotopic (exact) mass is 437 g/mol. The average Bonchev–Trinajstić information content (AvgIpc) is 2.83. The van der Waals surface area contributed by atoms with Crippen LogP contribution < -0.4 is 5.32 Å².